The van der Waals surface area contributed by atoms with E-state index in [9.17, 15) is 9.59 Å². The van der Waals surface area contributed by atoms with E-state index in [0.29, 0.717) is 5.75 Å². The summed E-state index contributed by atoms with van der Waals surface area (Å²) in [5, 5.41) is 8.71. The molecule has 0 aliphatic rings. The zero-order valence-electron chi connectivity index (χ0n) is 9.97. The molecule has 1 unspecified atom stereocenters. The maximum absolute atomic E-state index is 11.6. The van der Waals surface area contributed by atoms with E-state index in [-0.39, 0.29) is 17.5 Å². The van der Waals surface area contributed by atoms with Gasteiger partial charge in [-0.05, 0) is 30.7 Å². The molecule has 0 aliphatic carbocycles. The van der Waals surface area contributed by atoms with Crippen LogP contribution in [-0.2, 0) is 4.79 Å². The Morgan fingerprint density at radius 2 is 1.88 bits per heavy atom. The van der Waals surface area contributed by atoms with Gasteiger partial charge < -0.3 is 9.84 Å². The van der Waals surface area contributed by atoms with E-state index in [0.717, 1.165) is 12.8 Å². The highest BCUT2D eigenvalue weighted by molar-refractivity contribution is 5.87. The highest BCUT2D eigenvalue weighted by atomic mass is 16.5. The summed E-state index contributed by atoms with van der Waals surface area (Å²) in [7, 11) is 0. The minimum absolute atomic E-state index is 0.140. The van der Waals surface area contributed by atoms with Gasteiger partial charge in [-0.15, -0.1) is 0 Å². The number of aromatic carboxylic acids is 1. The van der Waals surface area contributed by atoms with Crippen LogP contribution >= 0.6 is 0 Å². The first kappa shape index (κ1) is 13.2. The summed E-state index contributed by atoms with van der Waals surface area (Å²) in [6.07, 6.45) is 1.71. The molecule has 0 saturated carbocycles. The van der Waals surface area contributed by atoms with E-state index in [4.69, 9.17) is 9.84 Å². The van der Waals surface area contributed by atoms with Gasteiger partial charge in [-0.2, -0.15) is 0 Å². The Balaban J connectivity index is 2.63. The summed E-state index contributed by atoms with van der Waals surface area (Å²) >= 11 is 0. The number of carboxylic acids is 1. The molecule has 0 heterocycles. The second-order valence-electron chi connectivity index (χ2n) is 3.94. The molecule has 4 heteroatoms. The van der Waals surface area contributed by atoms with E-state index >= 15 is 0 Å². The van der Waals surface area contributed by atoms with Crippen molar-refractivity contribution in [1.29, 1.82) is 0 Å². The summed E-state index contributed by atoms with van der Waals surface area (Å²) in [6.45, 7) is 3.82. The van der Waals surface area contributed by atoms with Crippen LogP contribution in [0.4, 0.5) is 0 Å². The van der Waals surface area contributed by atoms with Gasteiger partial charge in [0.1, 0.15) is 5.75 Å². The van der Waals surface area contributed by atoms with Gasteiger partial charge >= 0.3 is 11.9 Å². The maximum Gasteiger partial charge on any atom is 0.335 e. The summed E-state index contributed by atoms with van der Waals surface area (Å²) in [5.41, 5.74) is 0.173. The number of carbonyl (C=O) groups excluding carboxylic acids is 1. The molecule has 92 valence electrons. The molecule has 0 bridgehead atoms. The molecule has 0 radical (unpaired) electrons. The Hall–Kier alpha value is -1.84. The van der Waals surface area contributed by atoms with Gasteiger partial charge in [-0.3, -0.25) is 4.79 Å². The van der Waals surface area contributed by atoms with E-state index in [1.54, 1.807) is 0 Å². The average Bonchev–Trinajstić information content (AvgIpc) is 2.30. The Labute approximate surface area is 100 Å². The van der Waals surface area contributed by atoms with Crippen LogP contribution in [0.1, 0.15) is 37.0 Å². The largest absolute Gasteiger partial charge is 0.478 e. The molecule has 0 spiro atoms. The van der Waals surface area contributed by atoms with Crippen molar-refractivity contribution in [2.75, 3.05) is 0 Å². The number of carbonyl (C=O) groups is 2. The van der Waals surface area contributed by atoms with Crippen molar-refractivity contribution < 1.29 is 19.4 Å². The van der Waals surface area contributed by atoms with Crippen molar-refractivity contribution in [3.05, 3.63) is 29.8 Å². The summed E-state index contributed by atoms with van der Waals surface area (Å²) in [5.74, 6) is -1.04. The second kappa shape index (κ2) is 6.03. The Kier molecular flexibility index (Phi) is 4.69. The number of rotatable bonds is 5. The number of esters is 1. The van der Waals surface area contributed by atoms with Gasteiger partial charge in [0.05, 0.1) is 11.5 Å². The first-order chi connectivity index (χ1) is 8.04. The third-order valence-electron chi connectivity index (χ3n) is 2.44. The molecule has 1 aromatic carbocycles. The molecule has 0 aliphatic heterocycles. The number of carboxylic acid groups (broad SMARTS) is 1. The van der Waals surface area contributed by atoms with Gasteiger partial charge in [-0.25, -0.2) is 4.79 Å². The number of benzene rings is 1. The molecule has 17 heavy (non-hydrogen) atoms. The predicted molar refractivity (Wildman–Crippen MR) is 63.1 cm³/mol. The van der Waals surface area contributed by atoms with E-state index in [2.05, 4.69) is 0 Å². The van der Waals surface area contributed by atoms with Crippen LogP contribution in [0.15, 0.2) is 24.3 Å². The van der Waals surface area contributed by atoms with E-state index in [1.165, 1.54) is 24.3 Å². The fourth-order valence-corrected chi connectivity index (χ4v) is 1.43. The van der Waals surface area contributed by atoms with Crippen molar-refractivity contribution in [1.82, 2.24) is 0 Å². The van der Waals surface area contributed by atoms with Crippen LogP contribution in [0, 0.1) is 5.92 Å². The van der Waals surface area contributed by atoms with E-state index < -0.39 is 5.97 Å². The molecule has 0 saturated heterocycles. The number of ether oxygens (including phenoxy) is 1. The Morgan fingerprint density at radius 3 is 2.35 bits per heavy atom. The van der Waals surface area contributed by atoms with Crippen molar-refractivity contribution in [3.63, 3.8) is 0 Å². The standard InChI is InChI=1S/C13H16O4/c1-3-4-9(2)13(16)17-11-7-5-10(6-8-11)12(14)15/h5-9H,3-4H2,1-2H3,(H,14,15). The van der Waals surface area contributed by atoms with Crippen molar-refractivity contribution >= 4 is 11.9 Å². The minimum Gasteiger partial charge on any atom is -0.478 e. The van der Waals surface area contributed by atoms with Gasteiger partial charge in [0.15, 0.2) is 0 Å². The first-order valence-corrected chi connectivity index (χ1v) is 5.59. The van der Waals surface area contributed by atoms with Gasteiger partial charge in [0, 0.05) is 0 Å². The molecule has 0 fully saturated rings. The number of hydrogen-bond acceptors (Lipinski definition) is 3. The lowest BCUT2D eigenvalue weighted by Crippen LogP contribution is -2.17. The fourth-order valence-electron chi connectivity index (χ4n) is 1.43. The predicted octanol–water partition coefficient (Wildman–Crippen LogP) is 2.73. The van der Waals surface area contributed by atoms with Crippen LogP contribution in [0.25, 0.3) is 0 Å². The van der Waals surface area contributed by atoms with Crippen molar-refractivity contribution in [2.24, 2.45) is 5.92 Å². The van der Waals surface area contributed by atoms with Crippen molar-refractivity contribution in [2.45, 2.75) is 26.7 Å². The highest BCUT2D eigenvalue weighted by Gasteiger charge is 2.14. The normalized spacial score (nSPS) is 11.9. The van der Waals surface area contributed by atoms with Gasteiger partial charge in [0.2, 0.25) is 0 Å². The smallest absolute Gasteiger partial charge is 0.335 e. The van der Waals surface area contributed by atoms with Crippen LogP contribution in [0.5, 0.6) is 5.75 Å². The molecule has 1 N–H and O–H groups in total. The summed E-state index contributed by atoms with van der Waals surface area (Å²) in [6, 6.07) is 5.80. The Bertz CT molecular complexity index is 394. The number of hydrogen-bond donors (Lipinski definition) is 1. The third kappa shape index (κ3) is 3.90. The van der Waals surface area contributed by atoms with Crippen LogP contribution in [-0.4, -0.2) is 17.0 Å². The molecule has 0 amide bonds. The first-order valence-electron chi connectivity index (χ1n) is 5.59. The highest BCUT2D eigenvalue weighted by Crippen LogP contribution is 2.15. The third-order valence-corrected chi connectivity index (χ3v) is 2.44. The zero-order chi connectivity index (χ0) is 12.8. The van der Waals surface area contributed by atoms with Crippen molar-refractivity contribution in [3.8, 4) is 5.75 Å². The summed E-state index contributed by atoms with van der Waals surface area (Å²) < 4.78 is 5.13. The monoisotopic (exact) mass is 236 g/mol. The lowest BCUT2D eigenvalue weighted by Gasteiger charge is -2.09. The van der Waals surface area contributed by atoms with Gasteiger partial charge in [0.25, 0.3) is 0 Å². The minimum atomic E-state index is -0.998. The van der Waals surface area contributed by atoms with Crippen LogP contribution in [0.3, 0.4) is 0 Å². The fraction of sp³-hybridized carbons (Fsp3) is 0.385. The van der Waals surface area contributed by atoms with E-state index in [1.807, 2.05) is 13.8 Å². The van der Waals surface area contributed by atoms with Crippen LogP contribution < -0.4 is 4.74 Å². The molecule has 1 atom stereocenters. The zero-order valence-corrected chi connectivity index (χ0v) is 9.97. The molecule has 0 aromatic heterocycles. The lowest BCUT2D eigenvalue weighted by atomic mass is 10.1. The molecular weight excluding hydrogens is 220 g/mol. The summed E-state index contributed by atoms with van der Waals surface area (Å²) in [4.78, 5) is 22.2. The maximum atomic E-state index is 11.6. The molecule has 1 rings (SSSR count). The molecular formula is C13H16O4. The quantitative estimate of drug-likeness (QED) is 0.630. The average molecular weight is 236 g/mol. The topological polar surface area (TPSA) is 63.6 Å². The Morgan fingerprint density at radius 1 is 1.29 bits per heavy atom. The SMILES string of the molecule is CCCC(C)C(=O)Oc1ccc(C(=O)O)cc1. The van der Waals surface area contributed by atoms with Gasteiger partial charge in [-0.1, -0.05) is 20.3 Å². The lowest BCUT2D eigenvalue weighted by molar-refractivity contribution is -0.138. The van der Waals surface area contributed by atoms with Crippen LogP contribution in [0.2, 0.25) is 0 Å². The molecule has 1 aromatic rings. The second-order valence-corrected chi connectivity index (χ2v) is 3.94. The molecule has 4 nitrogen and oxygen atoms in total.